The van der Waals surface area contributed by atoms with E-state index >= 15 is 0 Å². The molecule has 0 aliphatic heterocycles. The number of nitrogens with one attached hydrogen (secondary N) is 1. The highest BCUT2D eigenvalue weighted by atomic mass is 16.8. The van der Waals surface area contributed by atoms with Gasteiger partial charge in [-0.3, -0.25) is 20.0 Å². The second-order valence-corrected chi connectivity index (χ2v) is 3.63. The van der Waals surface area contributed by atoms with Crippen molar-refractivity contribution in [2.45, 2.75) is 13.2 Å². The largest absolute Gasteiger partial charge is 0.300 e. The summed E-state index contributed by atoms with van der Waals surface area (Å²) < 4.78 is 0. The molecule has 94 valence electrons. The molecule has 0 aliphatic carbocycles. The van der Waals surface area contributed by atoms with Crippen LogP contribution in [0.4, 0.5) is 0 Å². The van der Waals surface area contributed by atoms with Crippen molar-refractivity contribution in [1.29, 1.82) is 0 Å². The van der Waals surface area contributed by atoms with E-state index in [0.29, 0.717) is 13.2 Å². The molecule has 2 aromatic heterocycles. The summed E-state index contributed by atoms with van der Waals surface area (Å²) >= 11 is 0. The number of hydrazine groups is 1. The molecule has 0 atom stereocenters. The predicted molar refractivity (Wildman–Crippen MR) is 63.7 cm³/mol. The van der Waals surface area contributed by atoms with Gasteiger partial charge in [-0.15, -0.1) is 5.59 Å². The molecular formula is C12H14N4O2. The summed E-state index contributed by atoms with van der Waals surface area (Å²) in [7, 11) is 0. The average Bonchev–Trinajstić information content (AvgIpc) is 2.45. The molecule has 0 bridgehead atoms. The minimum Gasteiger partial charge on any atom is -0.300 e. The summed E-state index contributed by atoms with van der Waals surface area (Å²) in [5, 5.41) is 10.2. The van der Waals surface area contributed by atoms with Gasteiger partial charge in [0.2, 0.25) is 0 Å². The molecular weight excluding hydrogens is 232 g/mol. The van der Waals surface area contributed by atoms with Crippen LogP contribution in [0.15, 0.2) is 49.1 Å². The Hall–Kier alpha value is -1.86. The first-order valence-electron chi connectivity index (χ1n) is 5.46. The van der Waals surface area contributed by atoms with E-state index in [1.807, 2.05) is 29.9 Å². The van der Waals surface area contributed by atoms with E-state index in [1.54, 1.807) is 24.8 Å². The number of rotatable bonds is 6. The molecule has 18 heavy (non-hydrogen) atoms. The second-order valence-electron chi connectivity index (χ2n) is 3.63. The SMILES string of the molecule is ONN(Cc1cccnc1)OCc1cccnc1. The standard InChI is InChI=1S/C12H14N4O2/c17-15-16(9-11-3-1-5-13-7-11)18-10-12-4-2-6-14-8-12/h1-8,15,17H,9-10H2. The number of hydroxylamine groups is 1. The van der Waals surface area contributed by atoms with Gasteiger partial charge in [-0.2, -0.15) is 0 Å². The summed E-state index contributed by atoms with van der Waals surface area (Å²) in [6.07, 6.45) is 6.80. The van der Waals surface area contributed by atoms with Gasteiger partial charge in [0.1, 0.15) is 0 Å². The third-order valence-electron chi connectivity index (χ3n) is 2.27. The summed E-state index contributed by atoms with van der Waals surface area (Å²) in [6, 6.07) is 7.44. The van der Waals surface area contributed by atoms with Crippen LogP contribution in [-0.2, 0) is 18.0 Å². The molecule has 2 heterocycles. The first-order chi connectivity index (χ1) is 8.88. The number of hydrogen-bond acceptors (Lipinski definition) is 6. The van der Waals surface area contributed by atoms with Gasteiger partial charge in [0.25, 0.3) is 0 Å². The molecule has 0 fully saturated rings. The van der Waals surface area contributed by atoms with Gasteiger partial charge in [-0.1, -0.05) is 17.3 Å². The van der Waals surface area contributed by atoms with Gasteiger partial charge in [-0.25, -0.2) is 0 Å². The van der Waals surface area contributed by atoms with Gasteiger partial charge >= 0.3 is 0 Å². The van der Waals surface area contributed by atoms with Crippen LogP contribution in [0.2, 0.25) is 0 Å². The van der Waals surface area contributed by atoms with Crippen LogP contribution in [0, 0.1) is 0 Å². The monoisotopic (exact) mass is 246 g/mol. The van der Waals surface area contributed by atoms with Gasteiger partial charge in [-0.05, 0) is 23.3 Å². The van der Waals surface area contributed by atoms with Gasteiger partial charge < -0.3 is 0 Å². The Bertz CT molecular complexity index is 452. The molecule has 0 spiro atoms. The van der Waals surface area contributed by atoms with Crippen LogP contribution in [-0.4, -0.2) is 20.3 Å². The molecule has 2 rings (SSSR count). The van der Waals surface area contributed by atoms with E-state index in [0.717, 1.165) is 11.1 Å². The third-order valence-corrected chi connectivity index (χ3v) is 2.27. The van der Waals surface area contributed by atoms with E-state index in [9.17, 15) is 0 Å². The van der Waals surface area contributed by atoms with Crippen LogP contribution in [0.1, 0.15) is 11.1 Å². The zero-order valence-corrected chi connectivity index (χ0v) is 9.73. The minimum atomic E-state index is 0.321. The molecule has 2 aromatic rings. The first kappa shape index (κ1) is 12.6. The fourth-order valence-electron chi connectivity index (χ4n) is 1.40. The highest BCUT2D eigenvalue weighted by Gasteiger charge is 2.05. The molecule has 6 nitrogen and oxygen atoms in total. The second kappa shape index (κ2) is 6.77. The first-order valence-corrected chi connectivity index (χ1v) is 5.46. The van der Waals surface area contributed by atoms with Crippen molar-refractivity contribution in [2.24, 2.45) is 0 Å². The van der Waals surface area contributed by atoms with Crippen molar-refractivity contribution >= 4 is 0 Å². The lowest BCUT2D eigenvalue weighted by atomic mass is 10.3. The molecule has 2 N–H and O–H groups in total. The number of hydrogen-bond donors (Lipinski definition) is 2. The fourth-order valence-corrected chi connectivity index (χ4v) is 1.40. The summed E-state index contributed by atoms with van der Waals surface area (Å²) in [5.41, 5.74) is 3.83. The molecule has 0 aromatic carbocycles. The van der Waals surface area contributed by atoms with E-state index in [2.05, 4.69) is 9.97 Å². The van der Waals surface area contributed by atoms with Crippen molar-refractivity contribution in [2.75, 3.05) is 0 Å². The van der Waals surface area contributed by atoms with E-state index in [1.165, 1.54) is 5.17 Å². The Morgan fingerprint density at radius 1 is 1.11 bits per heavy atom. The zero-order valence-electron chi connectivity index (χ0n) is 9.73. The Kier molecular flexibility index (Phi) is 4.74. The van der Waals surface area contributed by atoms with E-state index in [4.69, 9.17) is 10.0 Å². The van der Waals surface area contributed by atoms with Crippen molar-refractivity contribution < 1.29 is 10.0 Å². The third kappa shape index (κ3) is 3.86. The lowest BCUT2D eigenvalue weighted by molar-refractivity contribution is -0.271. The number of pyridine rings is 2. The smallest absolute Gasteiger partial charge is 0.0968 e. The summed E-state index contributed by atoms with van der Waals surface area (Å²) in [6.45, 7) is 0.701. The molecule has 0 saturated carbocycles. The van der Waals surface area contributed by atoms with Crippen molar-refractivity contribution in [3.8, 4) is 0 Å². The molecule has 6 heteroatoms. The van der Waals surface area contributed by atoms with Crippen LogP contribution in [0.3, 0.4) is 0 Å². The molecule has 0 aliphatic rings. The number of nitrogens with zero attached hydrogens (tertiary/aromatic N) is 3. The van der Waals surface area contributed by atoms with Crippen LogP contribution in [0.25, 0.3) is 0 Å². The highest BCUT2D eigenvalue weighted by Crippen LogP contribution is 2.04. The maximum atomic E-state index is 8.98. The lowest BCUT2D eigenvalue weighted by Gasteiger charge is -2.18. The molecule has 0 unspecified atom stereocenters. The molecule has 0 saturated heterocycles. The normalized spacial score (nSPS) is 10.8. The maximum Gasteiger partial charge on any atom is 0.0968 e. The summed E-state index contributed by atoms with van der Waals surface area (Å²) in [5.74, 6) is 0. The minimum absolute atomic E-state index is 0.321. The number of aromatic nitrogens is 2. The van der Waals surface area contributed by atoms with Crippen molar-refractivity contribution in [3.05, 3.63) is 60.2 Å². The lowest BCUT2D eigenvalue weighted by Crippen LogP contribution is -2.34. The molecule has 0 amide bonds. The highest BCUT2D eigenvalue weighted by molar-refractivity contribution is 5.08. The van der Waals surface area contributed by atoms with Crippen LogP contribution < -0.4 is 5.59 Å². The van der Waals surface area contributed by atoms with E-state index in [-0.39, 0.29) is 0 Å². The predicted octanol–water partition coefficient (Wildman–Crippen LogP) is 1.30. The van der Waals surface area contributed by atoms with Crippen LogP contribution in [0.5, 0.6) is 0 Å². The van der Waals surface area contributed by atoms with Crippen molar-refractivity contribution in [1.82, 2.24) is 20.7 Å². The van der Waals surface area contributed by atoms with Gasteiger partial charge in [0.05, 0.1) is 13.2 Å². The summed E-state index contributed by atoms with van der Waals surface area (Å²) in [4.78, 5) is 13.4. The van der Waals surface area contributed by atoms with E-state index < -0.39 is 0 Å². The quantitative estimate of drug-likeness (QED) is 0.749. The Balaban J connectivity index is 1.86. The Labute approximate surface area is 105 Å². The Morgan fingerprint density at radius 3 is 2.33 bits per heavy atom. The Morgan fingerprint density at radius 2 is 1.78 bits per heavy atom. The maximum absolute atomic E-state index is 8.98. The fraction of sp³-hybridized carbons (Fsp3) is 0.167. The molecule has 0 radical (unpaired) electrons. The topological polar surface area (TPSA) is 70.5 Å². The van der Waals surface area contributed by atoms with Crippen molar-refractivity contribution in [3.63, 3.8) is 0 Å². The average molecular weight is 246 g/mol. The van der Waals surface area contributed by atoms with Crippen LogP contribution >= 0.6 is 0 Å². The van der Waals surface area contributed by atoms with Gasteiger partial charge in [0.15, 0.2) is 0 Å². The zero-order chi connectivity index (χ0) is 12.6. The van der Waals surface area contributed by atoms with Gasteiger partial charge in [0, 0.05) is 24.8 Å².